The quantitative estimate of drug-likeness (QED) is 0.805. The van der Waals surface area contributed by atoms with E-state index in [1.165, 1.54) is 6.42 Å². The average Bonchev–Trinajstić information content (AvgIpc) is 3.04. The normalized spacial score (nSPS) is 17.8. The number of hydrogen-bond donors (Lipinski definition) is 0. The van der Waals surface area contributed by atoms with Gasteiger partial charge in [-0.15, -0.1) is 0 Å². The van der Waals surface area contributed by atoms with Gasteiger partial charge in [0.2, 0.25) is 0 Å². The molecular formula is C19H22ClNO3. The minimum Gasteiger partial charge on any atom is -0.486 e. The number of nitrogens with zero attached hydrogens (tertiary/aromatic N) is 1. The molecule has 0 aliphatic carbocycles. The summed E-state index contributed by atoms with van der Waals surface area (Å²) in [6.07, 6.45) is 2.24. The van der Waals surface area contributed by atoms with E-state index in [1.807, 2.05) is 24.0 Å². The number of carbonyl (C=O) groups is 1. The summed E-state index contributed by atoms with van der Waals surface area (Å²) in [4.78, 5) is 14.4. The molecule has 1 saturated heterocycles. The summed E-state index contributed by atoms with van der Waals surface area (Å²) in [5.74, 6) is 2.26. The predicted molar refractivity (Wildman–Crippen MR) is 93.5 cm³/mol. The van der Waals surface area contributed by atoms with Crippen LogP contribution in [0.4, 0.5) is 0 Å². The van der Waals surface area contributed by atoms with Crippen LogP contribution in [0.3, 0.4) is 0 Å². The smallest absolute Gasteiger partial charge is 0.289 e. The Kier molecular flexibility index (Phi) is 5.14. The van der Waals surface area contributed by atoms with E-state index in [4.69, 9.17) is 20.8 Å². The molecular weight excluding hydrogens is 326 g/mol. The highest BCUT2D eigenvalue weighted by Crippen LogP contribution is 2.23. The van der Waals surface area contributed by atoms with Crippen LogP contribution in [-0.2, 0) is 6.61 Å². The number of piperidine rings is 1. The summed E-state index contributed by atoms with van der Waals surface area (Å²) in [5.41, 5.74) is 0.962. The molecule has 1 atom stereocenters. The molecule has 1 fully saturated rings. The van der Waals surface area contributed by atoms with Gasteiger partial charge in [-0.05, 0) is 61.6 Å². The zero-order valence-electron chi connectivity index (χ0n) is 14.0. The predicted octanol–water partition coefficient (Wildman–Crippen LogP) is 4.69. The molecule has 1 amide bonds. The Morgan fingerprint density at radius 1 is 1.38 bits per heavy atom. The molecule has 0 N–H and O–H groups in total. The van der Waals surface area contributed by atoms with Gasteiger partial charge in [0.25, 0.3) is 5.91 Å². The first-order valence-corrected chi connectivity index (χ1v) is 8.67. The van der Waals surface area contributed by atoms with Crippen molar-refractivity contribution in [1.82, 2.24) is 4.90 Å². The standard InChI is InChI=1S/C19H22ClNO3/c1-13-4-3-9-21(11-13)19(22)18-8-6-16(24-18)12-23-15-5-7-17(20)14(2)10-15/h5-8,10,13H,3-4,9,11-12H2,1-2H3. The maximum Gasteiger partial charge on any atom is 0.289 e. The van der Waals surface area contributed by atoms with E-state index in [-0.39, 0.29) is 12.5 Å². The third-order valence-electron chi connectivity index (χ3n) is 4.33. The van der Waals surface area contributed by atoms with Crippen LogP contribution < -0.4 is 4.74 Å². The van der Waals surface area contributed by atoms with Gasteiger partial charge in [-0.1, -0.05) is 18.5 Å². The number of aryl methyl sites for hydroxylation is 1. The fourth-order valence-electron chi connectivity index (χ4n) is 2.96. The Labute approximate surface area is 147 Å². The van der Waals surface area contributed by atoms with Gasteiger partial charge in [0.1, 0.15) is 18.1 Å². The Bertz CT molecular complexity index is 725. The third-order valence-corrected chi connectivity index (χ3v) is 4.75. The average molecular weight is 348 g/mol. The second-order valence-electron chi connectivity index (χ2n) is 6.46. The number of rotatable bonds is 4. The van der Waals surface area contributed by atoms with Crippen molar-refractivity contribution in [3.63, 3.8) is 0 Å². The van der Waals surface area contributed by atoms with E-state index in [2.05, 4.69) is 6.92 Å². The number of ether oxygens (including phenoxy) is 1. The van der Waals surface area contributed by atoms with Gasteiger partial charge in [0, 0.05) is 18.1 Å². The van der Waals surface area contributed by atoms with E-state index in [9.17, 15) is 4.79 Å². The number of carbonyl (C=O) groups excluding carboxylic acids is 1. The van der Waals surface area contributed by atoms with Crippen molar-refractivity contribution < 1.29 is 13.9 Å². The Hall–Kier alpha value is -1.94. The second kappa shape index (κ2) is 7.31. The monoisotopic (exact) mass is 347 g/mol. The van der Waals surface area contributed by atoms with Crippen LogP contribution in [0.5, 0.6) is 5.75 Å². The van der Waals surface area contributed by atoms with Crippen LogP contribution in [0, 0.1) is 12.8 Å². The highest BCUT2D eigenvalue weighted by Gasteiger charge is 2.24. The molecule has 1 aromatic heterocycles. The van der Waals surface area contributed by atoms with Crippen molar-refractivity contribution in [2.45, 2.75) is 33.3 Å². The van der Waals surface area contributed by atoms with Crippen molar-refractivity contribution >= 4 is 17.5 Å². The van der Waals surface area contributed by atoms with E-state index in [0.29, 0.717) is 22.5 Å². The van der Waals surface area contributed by atoms with E-state index in [1.54, 1.807) is 18.2 Å². The zero-order chi connectivity index (χ0) is 17.1. The van der Waals surface area contributed by atoms with Gasteiger partial charge in [-0.3, -0.25) is 4.79 Å². The number of halogens is 1. The summed E-state index contributed by atoms with van der Waals surface area (Å²) in [6, 6.07) is 9.03. The SMILES string of the molecule is Cc1cc(OCc2ccc(C(=O)N3CCCC(C)C3)o2)ccc1Cl. The third kappa shape index (κ3) is 3.93. The van der Waals surface area contributed by atoms with Gasteiger partial charge in [-0.25, -0.2) is 0 Å². The van der Waals surface area contributed by atoms with Gasteiger partial charge in [-0.2, -0.15) is 0 Å². The molecule has 2 aromatic rings. The molecule has 3 rings (SSSR count). The number of furan rings is 1. The highest BCUT2D eigenvalue weighted by atomic mass is 35.5. The van der Waals surface area contributed by atoms with Crippen LogP contribution >= 0.6 is 11.6 Å². The number of benzene rings is 1. The van der Waals surface area contributed by atoms with Crippen LogP contribution in [0.1, 0.15) is 41.6 Å². The molecule has 1 aromatic carbocycles. The Morgan fingerprint density at radius 3 is 2.96 bits per heavy atom. The largest absolute Gasteiger partial charge is 0.486 e. The first kappa shape index (κ1) is 16.9. The lowest BCUT2D eigenvalue weighted by molar-refractivity contribution is 0.0647. The molecule has 128 valence electrons. The lowest BCUT2D eigenvalue weighted by Crippen LogP contribution is -2.38. The molecule has 0 saturated carbocycles. The minimum absolute atomic E-state index is 0.0323. The summed E-state index contributed by atoms with van der Waals surface area (Å²) >= 11 is 6.00. The van der Waals surface area contributed by atoms with Crippen LogP contribution in [0.15, 0.2) is 34.7 Å². The molecule has 5 heteroatoms. The maximum atomic E-state index is 12.5. The molecule has 0 bridgehead atoms. The topological polar surface area (TPSA) is 42.7 Å². The minimum atomic E-state index is -0.0323. The number of hydrogen-bond acceptors (Lipinski definition) is 3. The Balaban J connectivity index is 1.60. The highest BCUT2D eigenvalue weighted by molar-refractivity contribution is 6.31. The first-order chi connectivity index (χ1) is 11.5. The second-order valence-corrected chi connectivity index (χ2v) is 6.87. The van der Waals surface area contributed by atoms with Crippen molar-refractivity contribution in [1.29, 1.82) is 0 Å². The van der Waals surface area contributed by atoms with Crippen molar-refractivity contribution in [2.75, 3.05) is 13.1 Å². The summed E-state index contributed by atoms with van der Waals surface area (Å²) in [7, 11) is 0. The molecule has 0 radical (unpaired) electrons. The summed E-state index contributed by atoms with van der Waals surface area (Å²) in [6.45, 7) is 5.99. The van der Waals surface area contributed by atoms with E-state index < -0.39 is 0 Å². The molecule has 4 nitrogen and oxygen atoms in total. The lowest BCUT2D eigenvalue weighted by Gasteiger charge is -2.30. The van der Waals surface area contributed by atoms with Crippen LogP contribution in [0.25, 0.3) is 0 Å². The Morgan fingerprint density at radius 2 is 2.21 bits per heavy atom. The van der Waals surface area contributed by atoms with Crippen molar-refractivity contribution in [3.05, 3.63) is 52.4 Å². The fraction of sp³-hybridized carbons (Fsp3) is 0.421. The molecule has 1 aliphatic heterocycles. The van der Waals surface area contributed by atoms with Gasteiger partial charge >= 0.3 is 0 Å². The van der Waals surface area contributed by atoms with Gasteiger partial charge in [0.15, 0.2) is 5.76 Å². The molecule has 2 heterocycles. The maximum absolute atomic E-state index is 12.5. The lowest BCUT2D eigenvalue weighted by atomic mass is 10.0. The summed E-state index contributed by atoms with van der Waals surface area (Å²) in [5, 5.41) is 0.712. The fourth-order valence-corrected chi connectivity index (χ4v) is 3.08. The number of amides is 1. The van der Waals surface area contributed by atoms with Crippen molar-refractivity contribution in [3.8, 4) is 5.75 Å². The van der Waals surface area contributed by atoms with Gasteiger partial charge in [0.05, 0.1) is 0 Å². The van der Waals surface area contributed by atoms with Crippen molar-refractivity contribution in [2.24, 2.45) is 5.92 Å². The zero-order valence-corrected chi connectivity index (χ0v) is 14.8. The molecule has 24 heavy (non-hydrogen) atoms. The number of likely N-dealkylation sites (tertiary alicyclic amines) is 1. The van der Waals surface area contributed by atoms with Crippen LogP contribution in [0.2, 0.25) is 5.02 Å². The molecule has 0 spiro atoms. The summed E-state index contributed by atoms with van der Waals surface area (Å²) < 4.78 is 11.4. The molecule has 1 aliphatic rings. The van der Waals surface area contributed by atoms with Gasteiger partial charge < -0.3 is 14.1 Å². The first-order valence-electron chi connectivity index (χ1n) is 8.30. The van der Waals surface area contributed by atoms with E-state index >= 15 is 0 Å². The van der Waals surface area contributed by atoms with Crippen LogP contribution in [-0.4, -0.2) is 23.9 Å². The molecule has 1 unspecified atom stereocenters. The van der Waals surface area contributed by atoms with E-state index in [0.717, 1.165) is 30.8 Å².